The van der Waals surface area contributed by atoms with Crippen LogP contribution in [0.2, 0.25) is 0 Å². The van der Waals surface area contributed by atoms with E-state index in [1.54, 1.807) is 18.2 Å². The minimum atomic E-state index is -0.585. The van der Waals surface area contributed by atoms with Crippen LogP contribution in [0, 0.1) is 5.82 Å². The van der Waals surface area contributed by atoms with Crippen molar-refractivity contribution in [1.82, 2.24) is 20.3 Å². The fraction of sp³-hybridized carbons (Fsp3) is 0.476. The summed E-state index contributed by atoms with van der Waals surface area (Å²) in [5.74, 6) is -0.0192. The standard InChI is InChI=1S/C21H25FN6O3/c1-13(29)24-14-5-7-15(8-6-14)25-21-23-11-16(22)20(27-21)17-3-2-4-18(26-17)28-9-10-31-12-19(28)30/h2-4,11,14-15H,5-10,12H2,1H3,(H,24,29)(H,23,25,27). The molecule has 2 aromatic rings. The molecule has 1 aliphatic heterocycles. The van der Waals surface area contributed by atoms with Crippen molar-refractivity contribution in [3.05, 3.63) is 30.2 Å². The van der Waals surface area contributed by atoms with E-state index in [-0.39, 0.29) is 36.2 Å². The molecule has 1 saturated heterocycles. The lowest BCUT2D eigenvalue weighted by Gasteiger charge is -2.29. The maximum absolute atomic E-state index is 14.5. The molecule has 2 fully saturated rings. The number of hydrogen-bond donors (Lipinski definition) is 2. The first-order valence-electron chi connectivity index (χ1n) is 10.4. The highest BCUT2D eigenvalue weighted by molar-refractivity contribution is 5.94. The molecule has 1 aliphatic carbocycles. The Bertz CT molecular complexity index is 964. The van der Waals surface area contributed by atoms with Crippen LogP contribution in [-0.2, 0) is 14.3 Å². The smallest absolute Gasteiger partial charge is 0.254 e. The number of ether oxygens (including phenoxy) is 1. The molecule has 0 unspecified atom stereocenters. The summed E-state index contributed by atoms with van der Waals surface area (Å²) in [7, 11) is 0. The lowest BCUT2D eigenvalue weighted by molar-refractivity contribution is -0.125. The van der Waals surface area contributed by atoms with Gasteiger partial charge in [0.15, 0.2) is 5.82 Å². The molecule has 4 rings (SSSR count). The zero-order chi connectivity index (χ0) is 21.8. The number of nitrogens with one attached hydrogen (secondary N) is 2. The van der Waals surface area contributed by atoms with Crippen molar-refractivity contribution in [2.45, 2.75) is 44.7 Å². The SMILES string of the molecule is CC(=O)NC1CCC(Nc2ncc(F)c(-c3cccc(N4CCOCC4=O)n3)n2)CC1. The van der Waals surface area contributed by atoms with Crippen LogP contribution in [0.25, 0.3) is 11.4 Å². The average Bonchev–Trinajstić information content (AvgIpc) is 2.76. The number of pyridine rings is 1. The molecular weight excluding hydrogens is 403 g/mol. The molecule has 0 atom stereocenters. The van der Waals surface area contributed by atoms with Gasteiger partial charge in [-0.25, -0.2) is 19.3 Å². The van der Waals surface area contributed by atoms with Crippen LogP contribution in [0.1, 0.15) is 32.6 Å². The van der Waals surface area contributed by atoms with E-state index < -0.39 is 5.82 Å². The predicted molar refractivity (Wildman–Crippen MR) is 112 cm³/mol. The third-order valence-corrected chi connectivity index (χ3v) is 5.45. The van der Waals surface area contributed by atoms with Crippen LogP contribution in [-0.4, -0.2) is 58.6 Å². The molecule has 0 bridgehead atoms. The summed E-state index contributed by atoms with van der Waals surface area (Å²) in [6.07, 6.45) is 4.56. The Kier molecular flexibility index (Phi) is 6.36. The van der Waals surface area contributed by atoms with E-state index in [1.165, 1.54) is 11.8 Å². The van der Waals surface area contributed by atoms with Crippen molar-refractivity contribution in [2.24, 2.45) is 0 Å². The van der Waals surface area contributed by atoms with Crippen molar-refractivity contribution in [2.75, 3.05) is 30.0 Å². The Morgan fingerprint density at radius 2 is 1.97 bits per heavy atom. The number of carbonyl (C=O) groups excluding carboxylic acids is 2. The molecule has 1 saturated carbocycles. The van der Waals surface area contributed by atoms with Gasteiger partial charge in [-0.1, -0.05) is 6.07 Å². The molecule has 164 valence electrons. The zero-order valence-corrected chi connectivity index (χ0v) is 17.3. The van der Waals surface area contributed by atoms with Gasteiger partial charge in [-0.15, -0.1) is 0 Å². The van der Waals surface area contributed by atoms with Gasteiger partial charge in [-0.05, 0) is 37.8 Å². The quantitative estimate of drug-likeness (QED) is 0.749. The maximum Gasteiger partial charge on any atom is 0.254 e. The molecule has 10 heteroatoms. The van der Waals surface area contributed by atoms with Crippen LogP contribution in [0.4, 0.5) is 16.2 Å². The number of anilines is 2. The van der Waals surface area contributed by atoms with Gasteiger partial charge in [0.05, 0.1) is 25.0 Å². The van der Waals surface area contributed by atoms with Crippen LogP contribution < -0.4 is 15.5 Å². The molecule has 2 amide bonds. The molecule has 0 spiro atoms. The maximum atomic E-state index is 14.5. The number of morpholine rings is 1. The van der Waals surface area contributed by atoms with Crippen LogP contribution >= 0.6 is 0 Å². The van der Waals surface area contributed by atoms with E-state index in [1.807, 2.05) is 0 Å². The highest BCUT2D eigenvalue weighted by atomic mass is 19.1. The largest absolute Gasteiger partial charge is 0.370 e. The second-order valence-corrected chi connectivity index (χ2v) is 7.76. The van der Waals surface area contributed by atoms with E-state index in [9.17, 15) is 14.0 Å². The van der Waals surface area contributed by atoms with Gasteiger partial charge in [-0.2, -0.15) is 0 Å². The summed E-state index contributed by atoms with van der Waals surface area (Å²) in [5.41, 5.74) is 0.404. The summed E-state index contributed by atoms with van der Waals surface area (Å²) in [5, 5.41) is 6.21. The van der Waals surface area contributed by atoms with Gasteiger partial charge in [0.2, 0.25) is 11.9 Å². The van der Waals surface area contributed by atoms with E-state index >= 15 is 0 Å². The summed E-state index contributed by atoms with van der Waals surface area (Å²) in [6, 6.07) is 5.42. The number of halogens is 1. The van der Waals surface area contributed by atoms with Crippen LogP contribution in [0.5, 0.6) is 0 Å². The summed E-state index contributed by atoms with van der Waals surface area (Å²) in [4.78, 5) is 37.7. The molecule has 0 radical (unpaired) electrons. The number of amides is 2. The molecule has 3 heterocycles. The first-order valence-corrected chi connectivity index (χ1v) is 10.4. The first-order chi connectivity index (χ1) is 15.0. The average molecular weight is 428 g/mol. The fourth-order valence-corrected chi connectivity index (χ4v) is 3.93. The van der Waals surface area contributed by atoms with Gasteiger partial charge < -0.3 is 15.4 Å². The fourth-order valence-electron chi connectivity index (χ4n) is 3.93. The number of rotatable bonds is 5. The van der Waals surface area contributed by atoms with Crippen molar-refractivity contribution in [1.29, 1.82) is 0 Å². The normalized spacial score (nSPS) is 21.6. The van der Waals surface area contributed by atoms with Gasteiger partial charge in [0, 0.05) is 19.0 Å². The molecule has 2 aliphatic rings. The van der Waals surface area contributed by atoms with Crippen molar-refractivity contribution >= 4 is 23.6 Å². The van der Waals surface area contributed by atoms with E-state index in [2.05, 4.69) is 25.6 Å². The lowest BCUT2D eigenvalue weighted by atomic mass is 9.91. The molecule has 9 nitrogen and oxygen atoms in total. The molecule has 2 aromatic heterocycles. The Hall–Kier alpha value is -3.14. The Morgan fingerprint density at radius 1 is 1.19 bits per heavy atom. The van der Waals surface area contributed by atoms with E-state index in [4.69, 9.17) is 4.74 Å². The number of aromatic nitrogens is 3. The molecule has 31 heavy (non-hydrogen) atoms. The van der Waals surface area contributed by atoms with Gasteiger partial charge in [0.1, 0.15) is 18.1 Å². The second-order valence-electron chi connectivity index (χ2n) is 7.76. The number of hydrogen-bond acceptors (Lipinski definition) is 7. The minimum absolute atomic E-state index is 0.00598. The monoisotopic (exact) mass is 428 g/mol. The Labute approximate surface area is 179 Å². The van der Waals surface area contributed by atoms with Crippen molar-refractivity contribution in [3.63, 3.8) is 0 Å². The first kappa shape index (κ1) is 21.1. The Morgan fingerprint density at radius 3 is 2.71 bits per heavy atom. The van der Waals surface area contributed by atoms with Gasteiger partial charge in [0.25, 0.3) is 5.91 Å². The van der Waals surface area contributed by atoms with Gasteiger partial charge >= 0.3 is 0 Å². The Balaban J connectivity index is 1.48. The van der Waals surface area contributed by atoms with Crippen LogP contribution in [0.3, 0.4) is 0 Å². The third kappa shape index (κ3) is 5.13. The third-order valence-electron chi connectivity index (χ3n) is 5.45. The number of carbonyl (C=O) groups is 2. The molecule has 2 N–H and O–H groups in total. The number of nitrogens with zero attached hydrogens (tertiary/aromatic N) is 4. The summed E-state index contributed by atoms with van der Waals surface area (Å²) in [6.45, 7) is 2.36. The van der Waals surface area contributed by atoms with Crippen molar-refractivity contribution < 1.29 is 18.7 Å². The van der Waals surface area contributed by atoms with Crippen LogP contribution in [0.15, 0.2) is 24.4 Å². The minimum Gasteiger partial charge on any atom is -0.370 e. The summed E-state index contributed by atoms with van der Waals surface area (Å²) >= 11 is 0. The van der Waals surface area contributed by atoms with Gasteiger partial charge in [-0.3, -0.25) is 14.5 Å². The predicted octanol–water partition coefficient (Wildman–Crippen LogP) is 1.90. The molecule has 0 aromatic carbocycles. The second kappa shape index (κ2) is 9.34. The lowest BCUT2D eigenvalue weighted by Crippen LogP contribution is -2.42. The van der Waals surface area contributed by atoms with E-state index in [0.717, 1.165) is 31.9 Å². The van der Waals surface area contributed by atoms with Crippen molar-refractivity contribution in [3.8, 4) is 11.4 Å². The highest BCUT2D eigenvalue weighted by Crippen LogP contribution is 2.25. The molecular formula is C21H25FN6O3. The zero-order valence-electron chi connectivity index (χ0n) is 17.3. The highest BCUT2D eigenvalue weighted by Gasteiger charge is 2.24. The topological polar surface area (TPSA) is 109 Å². The van der Waals surface area contributed by atoms with E-state index in [0.29, 0.717) is 30.6 Å². The summed E-state index contributed by atoms with van der Waals surface area (Å²) < 4.78 is 19.7.